The van der Waals surface area contributed by atoms with E-state index in [-0.39, 0.29) is 61.4 Å². The van der Waals surface area contributed by atoms with Crippen LogP contribution in [0.25, 0.3) is 21.8 Å². The SMILES string of the molecule is CC[C@H](C)[C@H](NC(=O)c1cn(CC)c2cc3c(cc2c1=O)OCO3)C(=O)N1CCN(c2cc3c(cc2F)c(=O)c(C(=O)O)cn3CC)CC1. The van der Waals surface area contributed by atoms with E-state index in [0.717, 1.165) is 6.07 Å². The number of nitrogens with zero attached hydrogens (tertiary/aromatic N) is 4. The van der Waals surface area contributed by atoms with Gasteiger partial charge in [-0.05, 0) is 38.0 Å². The van der Waals surface area contributed by atoms with Crippen LogP contribution in [0.15, 0.2) is 46.2 Å². The molecule has 6 rings (SSSR count). The average molecular weight is 676 g/mol. The van der Waals surface area contributed by atoms with Crippen molar-refractivity contribution in [2.45, 2.75) is 53.2 Å². The van der Waals surface area contributed by atoms with Crippen LogP contribution in [-0.4, -0.2) is 75.9 Å². The van der Waals surface area contributed by atoms with Gasteiger partial charge in [0, 0.05) is 63.1 Å². The number of nitrogens with one attached hydrogen (secondary N) is 1. The Hall–Kier alpha value is -5.40. The van der Waals surface area contributed by atoms with Crippen molar-refractivity contribution in [1.82, 2.24) is 19.4 Å². The number of carbonyl (C=O) groups excluding carboxylic acids is 2. The molecule has 2 amide bonds. The van der Waals surface area contributed by atoms with E-state index in [1.807, 2.05) is 20.8 Å². The van der Waals surface area contributed by atoms with Gasteiger partial charge < -0.3 is 38.8 Å². The van der Waals surface area contributed by atoms with Crippen LogP contribution in [0.5, 0.6) is 11.5 Å². The number of aromatic nitrogens is 2. The van der Waals surface area contributed by atoms with Crippen molar-refractivity contribution >= 4 is 45.3 Å². The Labute approximate surface area is 280 Å². The summed E-state index contributed by atoms with van der Waals surface area (Å²) in [5.41, 5.74) is -0.505. The van der Waals surface area contributed by atoms with E-state index in [1.54, 1.807) is 44.1 Å². The number of hydrogen-bond acceptors (Lipinski definition) is 8. The molecule has 0 saturated carbocycles. The molecule has 2 aliphatic rings. The molecule has 2 aliphatic heterocycles. The molecule has 2 aromatic heterocycles. The standard InChI is InChI=1S/C35H38FN5O8/c1-5-19(4)30(37-33(44)22-16-38(6-2)26-15-29-28(48-18-49-29)13-21(26)31(22)42)34(45)41-10-8-40(9-11-41)27-14-25-20(12-24(27)36)32(43)23(35(46)47)17-39(25)7-3/h12-17,19,30H,5-11,18H2,1-4H3,(H,37,44)(H,46,47)/t19-,30-/m0/s1. The number of aryl methyl sites for hydroxylation is 2. The van der Waals surface area contributed by atoms with Crippen LogP contribution in [-0.2, 0) is 17.9 Å². The fourth-order valence-corrected chi connectivity index (χ4v) is 6.53. The van der Waals surface area contributed by atoms with Gasteiger partial charge in [0.05, 0.1) is 22.1 Å². The molecule has 0 unspecified atom stereocenters. The number of carbonyl (C=O) groups is 3. The molecule has 2 N–H and O–H groups in total. The van der Waals surface area contributed by atoms with Gasteiger partial charge in [0.2, 0.25) is 23.6 Å². The molecule has 13 nitrogen and oxygen atoms in total. The maximum absolute atomic E-state index is 15.4. The second kappa shape index (κ2) is 13.2. The molecule has 0 aliphatic carbocycles. The number of pyridine rings is 2. The number of halogens is 1. The highest BCUT2D eigenvalue weighted by Gasteiger charge is 2.33. The van der Waals surface area contributed by atoms with Crippen molar-refractivity contribution in [3.8, 4) is 11.5 Å². The highest BCUT2D eigenvalue weighted by atomic mass is 19.1. The monoisotopic (exact) mass is 675 g/mol. The lowest BCUT2D eigenvalue weighted by atomic mass is 9.97. The fraction of sp³-hybridized carbons (Fsp3) is 0.400. The molecule has 0 spiro atoms. The van der Waals surface area contributed by atoms with Gasteiger partial charge in [0.1, 0.15) is 23.0 Å². The first-order valence-electron chi connectivity index (χ1n) is 16.4. The number of aromatic carboxylic acids is 1. The first kappa shape index (κ1) is 33.5. The van der Waals surface area contributed by atoms with Gasteiger partial charge in [-0.15, -0.1) is 0 Å². The average Bonchev–Trinajstić information content (AvgIpc) is 3.57. The van der Waals surface area contributed by atoms with Crippen LogP contribution in [0, 0.1) is 11.7 Å². The number of carboxylic acids is 1. The second-order valence-electron chi connectivity index (χ2n) is 12.3. The van der Waals surface area contributed by atoms with E-state index >= 15 is 4.39 Å². The lowest BCUT2D eigenvalue weighted by Gasteiger charge is -2.38. The summed E-state index contributed by atoms with van der Waals surface area (Å²) in [7, 11) is 0. The van der Waals surface area contributed by atoms with Crippen LogP contribution < -0.4 is 30.5 Å². The maximum Gasteiger partial charge on any atom is 0.341 e. The minimum Gasteiger partial charge on any atom is -0.477 e. The minimum absolute atomic E-state index is 0.0210. The summed E-state index contributed by atoms with van der Waals surface area (Å²) in [5.74, 6) is -2.32. The molecule has 14 heteroatoms. The highest BCUT2D eigenvalue weighted by Crippen LogP contribution is 2.35. The van der Waals surface area contributed by atoms with Crippen LogP contribution in [0.1, 0.15) is 54.8 Å². The Morgan fingerprint density at radius 1 is 0.857 bits per heavy atom. The van der Waals surface area contributed by atoms with Crippen LogP contribution >= 0.6 is 0 Å². The van der Waals surface area contributed by atoms with Crippen molar-refractivity contribution in [2.75, 3.05) is 37.9 Å². The molecule has 1 saturated heterocycles. The molecule has 4 heterocycles. The zero-order valence-corrected chi connectivity index (χ0v) is 27.7. The topological polar surface area (TPSA) is 152 Å². The molecule has 0 bridgehead atoms. The van der Waals surface area contributed by atoms with Gasteiger partial charge in [-0.3, -0.25) is 19.2 Å². The first-order chi connectivity index (χ1) is 23.5. The fourth-order valence-electron chi connectivity index (χ4n) is 6.53. The smallest absolute Gasteiger partial charge is 0.341 e. The largest absolute Gasteiger partial charge is 0.477 e. The van der Waals surface area contributed by atoms with Gasteiger partial charge in [-0.1, -0.05) is 20.3 Å². The second-order valence-corrected chi connectivity index (χ2v) is 12.3. The van der Waals surface area contributed by atoms with E-state index in [2.05, 4.69) is 5.32 Å². The van der Waals surface area contributed by atoms with E-state index < -0.39 is 40.2 Å². The third-order valence-corrected chi connectivity index (χ3v) is 9.58. The molecule has 2 aromatic carbocycles. The number of benzene rings is 2. The van der Waals surface area contributed by atoms with E-state index in [4.69, 9.17) is 9.47 Å². The Balaban J connectivity index is 1.22. The van der Waals surface area contributed by atoms with Crippen molar-refractivity contribution in [2.24, 2.45) is 5.92 Å². The van der Waals surface area contributed by atoms with Crippen molar-refractivity contribution in [3.05, 3.63) is 74.0 Å². The predicted octanol–water partition coefficient (Wildman–Crippen LogP) is 3.42. The quantitative estimate of drug-likeness (QED) is 0.272. The number of amides is 2. The third kappa shape index (κ3) is 5.95. The maximum atomic E-state index is 15.4. The zero-order valence-electron chi connectivity index (χ0n) is 27.7. The van der Waals surface area contributed by atoms with E-state index in [9.17, 15) is 29.1 Å². The van der Waals surface area contributed by atoms with E-state index in [1.165, 1.54) is 12.4 Å². The van der Waals surface area contributed by atoms with Crippen molar-refractivity contribution < 1.29 is 33.4 Å². The molecular formula is C35H38FN5O8. The molecule has 2 atom stereocenters. The number of anilines is 1. The third-order valence-electron chi connectivity index (χ3n) is 9.58. The number of rotatable bonds is 9. The number of piperazine rings is 1. The lowest BCUT2D eigenvalue weighted by Crippen LogP contribution is -2.57. The van der Waals surface area contributed by atoms with Gasteiger partial charge in [-0.2, -0.15) is 0 Å². The predicted molar refractivity (Wildman–Crippen MR) is 180 cm³/mol. The number of ether oxygens (including phenoxy) is 2. The van der Waals surface area contributed by atoms with Gasteiger partial charge in [0.25, 0.3) is 5.91 Å². The number of carboxylic acid groups (broad SMARTS) is 1. The lowest BCUT2D eigenvalue weighted by molar-refractivity contribution is -0.134. The van der Waals surface area contributed by atoms with E-state index in [0.29, 0.717) is 47.4 Å². The van der Waals surface area contributed by atoms with Gasteiger partial charge in [0.15, 0.2) is 11.5 Å². The number of hydrogen-bond donors (Lipinski definition) is 2. The summed E-state index contributed by atoms with van der Waals surface area (Å²) in [6, 6.07) is 5.00. The van der Waals surface area contributed by atoms with Gasteiger partial charge >= 0.3 is 5.97 Å². The summed E-state index contributed by atoms with van der Waals surface area (Å²) in [6.45, 7) is 9.38. The summed E-state index contributed by atoms with van der Waals surface area (Å²) < 4.78 is 29.7. The summed E-state index contributed by atoms with van der Waals surface area (Å²) in [5, 5.41) is 12.6. The first-order valence-corrected chi connectivity index (χ1v) is 16.4. The molecule has 1 fully saturated rings. The Morgan fingerprint density at radius 2 is 1.43 bits per heavy atom. The van der Waals surface area contributed by atoms with Crippen LogP contribution in [0.3, 0.4) is 0 Å². The van der Waals surface area contributed by atoms with Gasteiger partial charge in [-0.25, -0.2) is 9.18 Å². The molecular weight excluding hydrogens is 637 g/mol. The summed E-state index contributed by atoms with van der Waals surface area (Å²) in [6.07, 6.45) is 3.35. The van der Waals surface area contributed by atoms with Crippen molar-refractivity contribution in [3.63, 3.8) is 0 Å². The normalized spacial score (nSPS) is 15.4. The zero-order chi connectivity index (χ0) is 35.1. The van der Waals surface area contributed by atoms with Crippen LogP contribution in [0.2, 0.25) is 0 Å². The Kier molecular flexibility index (Phi) is 9.06. The molecule has 49 heavy (non-hydrogen) atoms. The van der Waals surface area contributed by atoms with Crippen molar-refractivity contribution in [1.29, 1.82) is 0 Å². The summed E-state index contributed by atoms with van der Waals surface area (Å²) >= 11 is 0. The van der Waals surface area contributed by atoms with Crippen LogP contribution in [0.4, 0.5) is 10.1 Å². The minimum atomic E-state index is -1.38. The molecule has 4 aromatic rings. The molecule has 258 valence electrons. The number of fused-ring (bicyclic) bond motifs is 3. The Bertz CT molecular complexity index is 2120. The summed E-state index contributed by atoms with van der Waals surface area (Å²) in [4.78, 5) is 68.9. The Morgan fingerprint density at radius 3 is 2.04 bits per heavy atom. The highest BCUT2D eigenvalue weighted by molar-refractivity contribution is 6.00. The molecule has 0 radical (unpaired) electrons.